The highest BCUT2D eigenvalue weighted by molar-refractivity contribution is 6.00. The van der Waals surface area contributed by atoms with Crippen LogP contribution >= 0.6 is 0 Å². The standard InChI is InChI=1S/C13H16N2O3/c16-12(17)9-14-13(18)10-5-1-2-6-11(10)15-7-3-4-8-15/h1-2,5-6H,3-4,7-9H2,(H,14,18)(H,16,17). The van der Waals surface area contributed by atoms with Gasteiger partial charge < -0.3 is 15.3 Å². The molecule has 96 valence electrons. The van der Waals surface area contributed by atoms with Gasteiger partial charge in [0.15, 0.2) is 0 Å². The minimum Gasteiger partial charge on any atom is -0.480 e. The van der Waals surface area contributed by atoms with E-state index in [1.807, 2.05) is 12.1 Å². The van der Waals surface area contributed by atoms with Crippen molar-refractivity contribution in [2.45, 2.75) is 12.8 Å². The smallest absolute Gasteiger partial charge is 0.322 e. The summed E-state index contributed by atoms with van der Waals surface area (Å²) in [5, 5.41) is 11.0. The van der Waals surface area contributed by atoms with E-state index in [0.29, 0.717) is 5.56 Å². The van der Waals surface area contributed by atoms with Gasteiger partial charge in [-0.2, -0.15) is 0 Å². The van der Waals surface area contributed by atoms with Crippen molar-refractivity contribution < 1.29 is 14.7 Å². The summed E-state index contributed by atoms with van der Waals surface area (Å²) in [5.41, 5.74) is 1.43. The molecule has 1 aliphatic heterocycles. The van der Waals surface area contributed by atoms with E-state index in [1.54, 1.807) is 12.1 Å². The molecule has 0 saturated carbocycles. The number of aliphatic carboxylic acids is 1. The predicted octanol–water partition coefficient (Wildman–Crippen LogP) is 1.10. The minimum atomic E-state index is -1.04. The number of rotatable bonds is 4. The van der Waals surface area contributed by atoms with Crippen LogP contribution < -0.4 is 10.2 Å². The number of carboxylic acids is 1. The van der Waals surface area contributed by atoms with Gasteiger partial charge in [-0.1, -0.05) is 12.1 Å². The SMILES string of the molecule is O=C(O)CNC(=O)c1ccccc1N1CCCC1. The fourth-order valence-corrected chi connectivity index (χ4v) is 2.15. The highest BCUT2D eigenvalue weighted by Gasteiger charge is 2.19. The number of hydrogen-bond donors (Lipinski definition) is 2. The molecule has 0 atom stereocenters. The molecule has 1 heterocycles. The second-order valence-electron chi connectivity index (χ2n) is 4.29. The van der Waals surface area contributed by atoms with E-state index in [0.717, 1.165) is 31.6 Å². The second kappa shape index (κ2) is 5.53. The molecule has 0 radical (unpaired) electrons. The Bertz CT molecular complexity index is 453. The van der Waals surface area contributed by atoms with E-state index in [9.17, 15) is 9.59 Å². The van der Waals surface area contributed by atoms with Gasteiger partial charge in [-0.3, -0.25) is 9.59 Å². The van der Waals surface area contributed by atoms with Crippen LogP contribution in [0.1, 0.15) is 23.2 Å². The molecule has 5 heteroatoms. The van der Waals surface area contributed by atoms with Crippen molar-refractivity contribution in [3.63, 3.8) is 0 Å². The number of para-hydroxylation sites is 1. The highest BCUT2D eigenvalue weighted by Crippen LogP contribution is 2.24. The summed E-state index contributed by atoms with van der Waals surface area (Å²) >= 11 is 0. The number of anilines is 1. The van der Waals surface area contributed by atoms with Gasteiger partial charge in [-0.05, 0) is 25.0 Å². The maximum Gasteiger partial charge on any atom is 0.322 e. The van der Waals surface area contributed by atoms with Crippen LogP contribution in [0.3, 0.4) is 0 Å². The molecule has 1 aromatic carbocycles. The number of carbonyl (C=O) groups is 2. The first-order chi connectivity index (χ1) is 8.68. The lowest BCUT2D eigenvalue weighted by atomic mass is 10.1. The Kier molecular flexibility index (Phi) is 3.82. The van der Waals surface area contributed by atoms with Crippen LogP contribution in [-0.2, 0) is 4.79 Å². The molecule has 1 saturated heterocycles. The lowest BCUT2D eigenvalue weighted by Gasteiger charge is -2.20. The number of carboxylic acid groups (broad SMARTS) is 1. The van der Waals surface area contributed by atoms with Crippen molar-refractivity contribution >= 4 is 17.6 Å². The number of nitrogens with one attached hydrogen (secondary N) is 1. The maximum absolute atomic E-state index is 11.9. The molecule has 0 aromatic heterocycles. The molecule has 0 unspecified atom stereocenters. The number of benzene rings is 1. The lowest BCUT2D eigenvalue weighted by molar-refractivity contribution is -0.135. The van der Waals surface area contributed by atoms with E-state index in [1.165, 1.54) is 0 Å². The fraction of sp³-hybridized carbons (Fsp3) is 0.385. The van der Waals surface area contributed by atoms with Gasteiger partial charge in [0, 0.05) is 18.8 Å². The molecule has 2 N–H and O–H groups in total. The lowest BCUT2D eigenvalue weighted by Crippen LogP contribution is -2.31. The molecule has 0 aliphatic carbocycles. The number of carbonyl (C=O) groups excluding carboxylic acids is 1. The van der Waals surface area contributed by atoms with Crippen molar-refractivity contribution in [3.8, 4) is 0 Å². The van der Waals surface area contributed by atoms with Gasteiger partial charge in [-0.25, -0.2) is 0 Å². The van der Waals surface area contributed by atoms with Crippen molar-refractivity contribution in [1.29, 1.82) is 0 Å². The molecule has 0 spiro atoms. The summed E-state index contributed by atoms with van der Waals surface area (Å²) in [6, 6.07) is 7.31. The summed E-state index contributed by atoms with van der Waals surface area (Å²) in [5.74, 6) is -1.37. The third kappa shape index (κ3) is 2.80. The zero-order valence-electron chi connectivity index (χ0n) is 10.1. The van der Waals surface area contributed by atoms with Gasteiger partial charge >= 0.3 is 5.97 Å². The number of hydrogen-bond acceptors (Lipinski definition) is 3. The number of nitrogens with zero attached hydrogens (tertiary/aromatic N) is 1. The molecule has 0 bridgehead atoms. The van der Waals surface area contributed by atoms with Crippen LogP contribution in [0.25, 0.3) is 0 Å². The predicted molar refractivity (Wildman–Crippen MR) is 67.9 cm³/mol. The third-order valence-corrected chi connectivity index (χ3v) is 3.00. The van der Waals surface area contributed by atoms with Crippen LogP contribution in [0.5, 0.6) is 0 Å². The maximum atomic E-state index is 11.9. The van der Waals surface area contributed by atoms with Crippen LogP contribution in [0.4, 0.5) is 5.69 Å². The highest BCUT2D eigenvalue weighted by atomic mass is 16.4. The molecule has 2 rings (SSSR count). The van der Waals surface area contributed by atoms with Gasteiger partial charge in [-0.15, -0.1) is 0 Å². The third-order valence-electron chi connectivity index (χ3n) is 3.00. The van der Waals surface area contributed by atoms with Crippen molar-refractivity contribution in [2.75, 3.05) is 24.5 Å². The van der Waals surface area contributed by atoms with Crippen molar-refractivity contribution in [2.24, 2.45) is 0 Å². The average molecular weight is 248 g/mol. The van der Waals surface area contributed by atoms with E-state index in [-0.39, 0.29) is 12.5 Å². The fourth-order valence-electron chi connectivity index (χ4n) is 2.15. The van der Waals surface area contributed by atoms with E-state index >= 15 is 0 Å². The first-order valence-electron chi connectivity index (χ1n) is 6.02. The summed E-state index contributed by atoms with van der Waals surface area (Å²) in [7, 11) is 0. The van der Waals surface area contributed by atoms with Crippen LogP contribution in [0.15, 0.2) is 24.3 Å². The van der Waals surface area contributed by atoms with E-state index in [4.69, 9.17) is 5.11 Å². The average Bonchev–Trinajstić information content (AvgIpc) is 2.89. The molecular formula is C13H16N2O3. The molecule has 5 nitrogen and oxygen atoms in total. The Balaban J connectivity index is 2.16. The minimum absolute atomic E-state index is 0.333. The number of amides is 1. The first-order valence-corrected chi connectivity index (χ1v) is 6.02. The molecule has 1 amide bonds. The van der Waals surface area contributed by atoms with Crippen LogP contribution in [0, 0.1) is 0 Å². The Morgan fingerprint density at radius 1 is 1.22 bits per heavy atom. The van der Waals surface area contributed by atoms with Crippen molar-refractivity contribution in [1.82, 2.24) is 5.32 Å². The topological polar surface area (TPSA) is 69.6 Å². The van der Waals surface area contributed by atoms with Crippen LogP contribution in [0.2, 0.25) is 0 Å². The second-order valence-corrected chi connectivity index (χ2v) is 4.29. The Hall–Kier alpha value is -2.04. The van der Waals surface area contributed by atoms with Gasteiger partial charge in [0.2, 0.25) is 0 Å². The summed E-state index contributed by atoms with van der Waals surface area (Å²) in [6.07, 6.45) is 2.26. The zero-order valence-corrected chi connectivity index (χ0v) is 10.1. The largest absolute Gasteiger partial charge is 0.480 e. The molecule has 1 aliphatic rings. The van der Waals surface area contributed by atoms with E-state index < -0.39 is 5.97 Å². The summed E-state index contributed by atoms with van der Waals surface area (Å²) in [6.45, 7) is 1.54. The molecular weight excluding hydrogens is 232 g/mol. The Morgan fingerprint density at radius 3 is 2.56 bits per heavy atom. The quantitative estimate of drug-likeness (QED) is 0.837. The van der Waals surface area contributed by atoms with Crippen LogP contribution in [-0.4, -0.2) is 36.6 Å². The van der Waals surface area contributed by atoms with Gasteiger partial charge in [0.1, 0.15) is 6.54 Å². The molecule has 18 heavy (non-hydrogen) atoms. The monoisotopic (exact) mass is 248 g/mol. The Labute approximate surface area is 105 Å². The van der Waals surface area contributed by atoms with Gasteiger partial charge in [0.25, 0.3) is 5.91 Å². The normalized spacial score (nSPS) is 14.6. The zero-order chi connectivity index (χ0) is 13.0. The first kappa shape index (κ1) is 12.4. The van der Waals surface area contributed by atoms with Crippen molar-refractivity contribution in [3.05, 3.63) is 29.8 Å². The van der Waals surface area contributed by atoms with Gasteiger partial charge in [0.05, 0.1) is 5.56 Å². The van der Waals surface area contributed by atoms with E-state index in [2.05, 4.69) is 10.2 Å². The summed E-state index contributed by atoms with van der Waals surface area (Å²) in [4.78, 5) is 24.5. The molecule has 1 aromatic rings. The molecule has 1 fully saturated rings. The summed E-state index contributed by atoms with van der Waals surface area (Å²) < 4.78 is 0. The Morgan fingerprint density at radius 2 is 1.89 bits per heavy atom.